The smallest absolute Gasteiger partial charge is 0.263 e. The Morgan fingerprint density at radius 3 is 2.62 bits per heavy atom. The zero-order valence-electron chi connectivity index (χ0n) is 7.06. The minimum atomic E-state index is -2.49. The highest BCUT2D eigenvalue weighted by Crippen LogP contribution is 2.29. The van der Waals surface area contributed by atoms with Crippen LogP contribution in [0.5, 0.6) is 5.75 Å². The lowest BCUT2D eigenvalue weighted by Crippen LogP contribution is -1.93. The van der Waals surface area contributed by atoms with Crippen LogP contribution in [0.2, 0.25) is 5.02 Å². The summed E-state index contributed by atoms with van der Waals surface area (Å²) in [6.45, 7) is 2.27. The Morgan fingerprint density at radius 1 is 1.46 bits per heavy atom. The first-order valence-electron chi connectivity index (χ1n) is 3.85. The van der Waals surface area contributed by atoms with Gasteiger partial charge in [0.2, 0.25) is 0 Å². The summed E-state index contributed by atoms with van der Waals surface area (Å²) in [6, 6.07) is 3.98. The van der Waals surface area contributed by atoms with Crippen LogP contribution in [0, 0.1) is 0 Å². The predicted octanol–water partition coefficient (Wildman–Crippen LogP) is 3.68. The maximum atomic E-state index is 12.2. The SMILES string of the molecule is CCOc1ccc(C(F)F)cc1Cl. The molecule has 0 N–H and O–H groups in total. The summed E-state index contributed by atoms with van der Waals surface area (Å²) < 4.78 is 29.4. The monoisotopic (exact) mass is 206 g/mol. The van der Waals surface area contributed by atoms with Crippen molar-refractivity contribution in [1.29, 1.82) is 0 Å². The van der Waals surface area contributed by atoms with Gasteiger partial charge in [0.1, 0.15) is 5.75 Å². The lowest BCUT2D eigenvalue weighted by molar-refractivity contribution is 0.151. The fraction of sp³-hybridized carbons (Fsp3) is 0.333. The molecule has 1 aromatic rings. The van der Waals surface area contributed by atoms with Crippen molar-refractivity contribution in [2.24, 2.45) is 0 Å². The zero-order valence-corrected chi connectivity index (χ0v) is 7.81. The maximum Gasteiger partial charge on any atom is 0.263 e. The van der Waals surface area contributed by atoms with Crippen LogP contribution in [0.25, 0.3) is 0 Å². The Bertz CT molecular complexity index is 289. The van der Waals surface area contributed by atoms with E-state index in [1.165, 1.54) is 18.2 Å². The molecular formula is C9H9ClF2O. The standard InChI is InChI=1S/C9H9ClF2O/c1-2-13-8-4-3-6(9(11)12)5-7(8)10/h3-5,9H,2H2,1H3. The van der Waals surface area contributed by atoms with Gasteiger partial charge in [-0.15, -0.1) is 0 Å². The zero-order chi connectivity index (χ0) is 9.84. The number of rotatable bonds is 3. The molecule has 0 aromatic heterocycles. The molecular weight excluding hydrogens is 198 g/mol. The number of hydrogen-bond donors (Lipinski definition) is 0. The van der Waals surface area contributed by atoms with Crippen molar-refractivity contribution in [1.82, 2.24) is 0 Å². The molecule has 0 heterocycles. The molecule has 1 nitrogen and oxygen atoms in total. The van der Waals surface area contributed by atoms with Crippen molar-refractivity contribution in [3.8, 4) is 5.75 Å². The highest BCUT2D eigenvalue weighted by atomic mass is 35.5. The van der Waals surface area contributed by atoms with Crippen molar-refractivity contribution < 1.29 is 13.5 Å². The normalized spacial score (nSPS) is 10.5. The topological polar surface area (TPSA) is 9.23 Å². The average molecular weight is 207 g/mol. The summed E-state index contributed by atoms with van der Waals surface area (Å²) >= 11 is 5.69. The van der Waals surface area contributed by atoms with Gasteiger partial charge in [-0.1, -0.05) is 11.6 Å². The van der Waals surface area contributed by atoms with Crippen molar-refractivity contribution >= 4 is 11.6 Å². The summed E-state index contributed by atoms with van der Waals surface area (Å²) in [6.07, 6.45) is -2.49. The van der Waals surface area contributed by atoms with Gasteiger partial charge in [0.05, 0.1) is 11.6 Å². The predicted molar refractivity (Wildman–Crippen MR) is 47.6 cm³/mol. The number of benzene rings is 1. The third-order valence-corrected chi connectivity index (χ3v) is 1.80. The van der Waals surface area contributed by atoms with E-state index in [-0.39, 0.29) is 10.6 Å². The van der Waals surface area contributed by atoms with Crippen LogP contribution >= 0.6 is 11.6 Å². The lowest BCUT2D eigenvalue weighted by atomic mass is 10.2. The van der Waals surface area contributed by atoms with Crippen LogP contribution in [0.3, 0.4) is 0 Å². The van der Waals surface area contributed by atoms with Gasteiger partial charge in [-0.25, -0.2) is 8.78 Å². The highest BCUT2D eigenvalue weighted by molar-refractivity contribution is 6.32. The molecule has 0 radical (unpaired) electrons. The summed E-state index contributed by atoms with van der Waals surface area (Å²) in [7, 11) is 0. The third-order valence-electron chi connectivity index (χ3n) is 1.51. The molecule has 1 aromatic carbocycles. The van der Waals surface area contributed by atoms with Gasteiger partial charge in [-0.3, -0.25) is 0 Å². The van der Waals surface area contributed by atoms with Gasteiger partial charge in [0.15, 0.2) is 0 Å². The fourth-order valence-electron chi connectivity index (χ4n) is 0.925. The number of ether oxygens (including phenoxy) is 1. The van der Waals surface area contributed by atoms with Crippen LogP contribution in [-0.4, -0.2) is 6.61 Å². The summed E-state index contributed by atoms with van der Waals surface area (Å²) in [5, 5.41) is 0.222. The lowest BCUT2D eigenvalue weighted by Gasteiger charge is -2.06. The van der Waals surface area contributed by atoms with Gasteiger partial charge in [-0.05, 0) is 25.1 Å². The van der Waals surface area contributed by atoms with E-state index in [1.807, 2.05) is 0 Å². The van der Waals surface area contributed by atoms with E-state index in [2.05, 4.69) is 0 Å². The quantitative estimate of drug-likeness (QED) is 0.733. The largest absolute Gasteiger partial charge is 0.492 e. The van der Waals surface area contributed by atoms with Crippen LogP contribution in [0.1, 0.15) is 18.9 Å². The number of hydrogen-bond acceptors (Lipinski definition) is 1. The highest BCUT2D eigenvalue weighted by Gasteiger charge is 2.09. The van der Waals surface area contributed by atoms with Gasteiger partial charge in [-0.2, -0.15) is 0 Å². The number of halogens is 3. The Hall–Kier alpha value is -0.830. The fourth-order valence-corrected chi connectivity index (χ4v) is 1.17. The Labute approximate surface area is 80.3 Å². The second kappa shape index (κ2) is 4.42. The molecule has 0 spiro atoms. The third kappa shape index (κ3) is 2.56. The van der Waals surface area contributed by atoms with E-state index < -0.39 is 6.43 Å². The summed E-state index contributed by atoms with van der Waals surface area (Å²) in [5.41, 5.74) is -0.0894. The van der Waals surface area contributed by atoms with Gasteiger partial charge in [0, 0.05) is 5.56 Å². The van der Waals surface area contributed by atoms with Crippen LogP contribution in [0.4, 0.5) is 8.78 Å². The van der Waals surface area contributed by atoms with E-state index in [0.717, 1.165) is 0 Å². The molecule has 4 heteroatoms. The van der Waals surface area contributed by atoms with E-state index in [1.54, 1.807) is 6.92 Å². The summed E-state index contributed by atoms with van der Waals surface area (Å²) in [4.78, 5) is 0. The molecule has 0 atom stereocenters. The average Bonchev–Trinajstić information content (AvgIpc) is 2.08. The van der Waals surface area contributed by atoms with E-state index >= 15 is 0 Å². The molecule has 0 aliphatic heterocycles. The molecule has 0 aliphatic rings. The molecule has 0 saturated heterocycles. The Kier molecular flexibility index (Phi) is 3.48. The summed E-state index contributed by atoms with van der Waals surface area (Å²) in [5.74, 6) is 0.438. The first-order valence-corrected chi connectivity index (χ1v) is 4.23. The minimum absolute atomic E-state index is 0.0894. The van der Waals surface area contributed by atoms with Crippen LogP contribution in [-0.2, 0) is 0 Å². The van der Waals surface area contributed by atoms with Crippen LogP contribution < -0.4 is 4.74 Å². The Morgan fingerprint density at radius 2 is 2.15 bits per heavy atom. The van der Waals surface area contributed by atoms with E-state index in [0.29, 0.717) is 12.4 Å². The molecule has 0 fully saturated rings. The van der Waals surface area contributed by atoms with E-state index in [9.17, 15) is 8.78 Å². The van der Waals surface area contributed by atoms with Crippen molar-refractivity contribution in [2.75, 3.05) is 6.61 Å². The molecule has 0 unspecified atom stereocenters. The van der Waals surface area contributed by atoms with Crippen molar-refractivity contribution in [3.05, 3.63) is 28.8 Å². The minimum Gasteiger partial charge on any atom is -0.492 e. The molecule has 0 saturated carbocycles. The maximum absolute atomic E-state index is 12.2. The molecule has 13 heavy (non-hydrogen) atoms. The van der Waals surface area contributed by atoms with Gasteiger partial charge >= 0.3 is 0 Å². The second-order valence-corrected chi connectivity index (χ2v) is 2.83. The Balaban J connectivity index is 2.92. The second-order valence-electron chi connectivity index (χ2n) is 2.42. The molecule has 72 valence electrons. The number of alkyl halides is 2. The molecule has 0 bridgehead atoms. The first-order chi connectivity index (χ1) is 6.15. The molecule has 0 aliphatic carbocycles. The van der Waals surface area contributed by atoms with Gasteiger partial charge in [0.25, 0.3) is 6.43 Å². The molecule has 1 rings (SSSR count). The molecule has 0 amide bonds. The van der Waals surface area contributed by atoms with Gasteiger partial charge < -0.3 is 4.74 Å². The van der Waals surface area contributed by atoms with Crippen molar-refractivity contribution in [3.63, 3.8) is 0 Å². The van der Waals surface area contributed by atoms with Crippen molar-refractivity contribution in [2.45, 2.75) is 13.3 Å². The van der Waals surface area contributed by atoms with E-state index in [4.69, 9.17) is 16.3 Å². The first kappa shape index (κ1) is 10.3. The van der Waals surface area contributed by atoms with Crippen LogP contribution in [0.15, 0.2) is 18.2 Å².